The number of hydrogen-bond acceptors (Lipinski definition) is 5. The highest BCUT2D eigenvalue weighted by molar-refractivity contribution is 6.30. The zero-order valence-electron chi connectivity index (χ0n) is 18.4. The van der Waals surface area contributed by atoms with Gasteiger partial charge in [0.2, 0.25) is 5.91 Å². The van der Waals surface area contributed by atoms with Crippen molar-refractivity contribution in [3.63, 3.8) is 0 Å². The summed E-state index contributed by atoms with van der Waals surface area (Å²) >= 11 is 6.03. The van der Waals surface area contributed by atoms with Gasteiger partial charge in [0.05, 0.1) is 11.6 Å². The Balaban J connectivity index is 1.45. The molecule has 2 aliphatic heterocycles. The molecule has 172 valence electrons. The Morgan fingerprint density at radius 3 is 2.52 bits per heavy atom. The molecule has 33 heavy (non-hydrogen) atoms. The lowest BCUT2D eigenvalue weighted by molar-refractivity contribution is -0.135. The number of nitriles is 1. The van der Waals surface area contributed by atoms with Crippen LogP contribution < -0.4 is 4.90 Å². The molecule has 4 rings (SSSR count). The second kappa shape index (κ2) is 9.67. The molecule has 0 spiro atoms. The molecule has 0 radical (unpaired) electrons. The molecule has 0 bridgehead atoms. The van der Waals surface area contributed by atoms with Crippen molar-refractivity contribution in [3.05, 3.63) is 58.7 Å². The molecule has 1 aromatic carbocycles. The molecule has 0 unspecified atom stereocenters. The number of carbonyl (C=O) groups is 2. The molecule has 8 nitrogen and oxygen atoms in total. The largest absolute Gasteiger partial charge is 0.465 e. The minimum absolute atomic E-state index is 0.0661. The Hall–Kier alpha value is -3.31. The maximum absolute atomic E-state index is 13.4. The fraction of sp³-hybridized carbons (Fsp3) is 0.417. The van der Waals surface area contributed by atoms with Crippen LogP contribution in [0, 0.1) is 17.2 Å². The summed E-state index contributed by atoms with van der Waals surface area (Å²) in [5, 5.41) is 19.5. The second-order valence-electron chi connectivity index (χ2n) is 8.61. The summed E-state index contributed by atoms with van der Waals surface area (Å²) in [7, 11) is 1.56. The molecule has 1 aromatic heterocycles. The topological polar surface area (TPSA) is 101 Å². The van der Waals surface area contributed by atoms with Gasteiger partial charge in [-0.25, -0.2) is 9.78 Å². The predicted octanol–water partition coefficient (Wildman–Crippen LogP) is 3.43. The first kappa shape index (κ1) is 22.9. The van der Waals surface area contributed by atoms with E-state index in [0.717, 1.165) is 5.56 Å². The van der Waals surface area contributed by atoms with Crippen LogP contribution >= 0.6 is 11.6 Å². The van der Waals surface area contributed by atoms with Crippen LogP contribution in [-0.2, 0) is 4.79 Å². The number of aromatic nitrogens is 1. The van der Waals surface area contributed by atoms with Crippen molar-refractivity contribution in [2.24, 2.45) is 5.92 Å². The van der Waals surface area contributed by atoms with Gasteiger partial charge in [0.1, 0.15) is 11.9 Å². The minimum atomic E-state index is -1.01. The van der Waals surface area contributed by atoms with Crippen LogP contribution in [0.2, 0.25) is 5.02 Å². The molecular formula is C24H26ClN5O3. The van der Waals surface area contributed by atoms with E-state index >= 15 is 0 Å². The maximum Gasteiger partial charge on any atom is 0.407 e. The molecule has 2 saturated heterocycles. The Labute approximate surface area is 198 Å². The first-order valence-electron chi connectivity index (χ1n) is 11.0. The molecular weight excluding hydrogens is 442 g/mol. The van der Waals surface area contributed by atoms with Crippen LogP contribution in [0.25, 0.3) is 0 Å². The van der Waals surface area contributed by atoms with Gasteiger partial charge in [0.25, 0.3) is 0 Å². The average molecular weight is 468 g/mol. The van der Waals surface area contributed by atoms with Gasteiger partial charge in [-0.1, -0.05) is 23.7 Å². The van der Waals surface area contributed by atoms with E-state index in [0.29, 0.717) is 55.4 Å². The first-order valence-corrected chi connectivity index (χ1v) is 11.4. The molecule has 2 aromatic rings. The van der Waals surface area contributed by atoms with Crippen molar-refractivity contribution in [3.8, 4) is 6.07 Å². The van der Waals surface area contributed by atoms with Crippen LogP contribution in [0.3, 0.4) is 0 Å². The third-order valence-corrected chi connectivity index (χ3v) is 7.00. The maximum atomic E-state index is 13.4. The Bertz CT molecular complexity index is 1060. The normalized spacial score (nSPS) is 21.0. The van der Waals surface area contributed by atoms with E-state index in [9.17, 15) is 20.0 Å². The van der Waals surface area contributed by atoms with Crippen LogP contribution in [0.1, 0.15) is 29.9 Å². The van der Waals surface area contributed by atoms with Crippen molar-refractivity contribution < 1.29 is 14.7 Å². The smallest absolute Gasteiger partial charge is 0.407 e. The molecule has 0 saturated carbocycles. The number of anilines is 1. The molecule has 2 fully saturated rings. The highest BCUT2D eigenvalue weighted by Crippen LogP contribution is 2.34. The van der Waals surface area contributed by atoms with E-state index in [1.54, 1.807) is 37.5 Å². The Morgan fingerprint density at radius 2 is 1.88 bits per heavy atom. The van der Waals surface area contributed by atoms with E-state index in [1.165, 1.54) is 4.90 Å². The zero-order chi connectivity index (χ0) is 23.5. The number of carbonyl (C=O) groups excluding carboxylic acids is 1. The lowest BCUT2D eigenvalue weighted by Crippen LogP contribution is -2.44. The highest BCUT2D eigenvalue weighted by atomic mass is 35.5. The van der Waals surface area contributed by atoms with E-state index in [-0.39, 0.29) is 23.8 Å². The quantitative estimate of drug-likeness (QED) is 0.739. The number of likely N-dealkylation sites (N-methyl/N-ethyl adjacent to an activating group) is 1. The second-order valence-corrected chi connectivity index (χ2v) is 9.05. The molecule has 3 heterocycles. The first-order chi connectivity index (χ1) is 15.9. The van der Waals surface area contributed by atoms with Gasteiger partial charge >= 0.3 is 6.09 Å². The molecule has 2 atom stereocenters. The van der Waals surface area contributed by atoms with Crippen molar-refractivity contribution >= 4 is 29.4 Å². The number of halogens is 1. The third-order valence-electron chi connectivity index (χ3n) is 6.75. The Kier molecular flexibility index (Phi) is 6.70. The fourth-order valence-corrected chi connectivity index (χ4v) is 5.00. The minimum Gasteiger partial charge on any atom is -0.465 e. The number of hydrogen-bond donors (Lipinski definition) is 1. The van der Waals surface area contributed by atoms with E-state index in [1.807, 2.05) is 17.0 Å². The lowest BCUT2D eigenvalue weighted by atomic mass is 9.93. The van der Waals surface area contributed by atoms with Crippen LogP contribution in [0.15, 0.2) is 42.6 Å². The van der Waals surface area contributed by atoms with E-state index < -0.39 is 6.09 Å². The molecule has 1 N–H and O–H groups in total. The molecule has 0 aliphatic carbocycles. The number of likely N-dealkylation sites (tertiary alicyclic amines) is 1. The number of amides is 2. The van der Waals surface area contributed by atoms with Gasteiger partial charge in [-0.15, -0.1) is 0 Å². The van der Waals surface area contributed by atoms with Gasteiger partial charge in [0.15, 0.2) is 0 Å². The Morgan fingerprint density at radius 1 is 1.18 bits per heavy atom. The highest BCUT2D eigenvalue weighted by Gasteiger charge is 2.42. The van der Waals surface area contributed by atoms with Crippen molar-refractivity contribution in [2.45, 2.75) is 24.8 Å². The fourth-order valence-electron chi connectivity index (χ4n) is 4.87. The van der Waals surface area contributed by atoms with Crippen molar-refractivity contribution in [2.75, 3.05) is 38.1 Å². The van der Waals surface area contributed by atoms with Gasteiger partial charge in [-0.2, -0.15) is 5.26 Å². The van der Waals surface area contributed by atoms with E-state index in [2.05, 4.69) is 16.0 Å². The van der Waals surface area contributed by atoms with Gasteiger partial charge < -0.3 is 19.8 Å². The molecule has 2 amide bonds. The standard InChI is InChI=1S/C24H26ClN5O3/c1-28(24(32)33)21-15-30(14-20(21)16-4-6-19(25)7-5-16)23(31)17-8-11-29(12-9-17)22-18(13-26)3-2-10-27-22/h2-7,10,17,20-21H,8-9,11-12,14-15H2,1H3,(H,32,33)/t20-,21+/m0/s1. The number of carboxylic acid groups (broad SMARTS) is 1. The summed E-state index contributed by atoms with van der Waals surface area (Å²) in [5.41, 5.74) is 1.51. The van der Waals surface area contributed by atoms with Gasteiger partial charge in [-0.05, 0) is 42.7 Å². The molecule has 9 heteroatoms. The summed E-state index contributed by atoms with van der Waals surface area (Å²) in [4.78, 5) is 34.6. The number of benzene rings is 1. The summed E-state index contributed by atoms with van der Waals surface area (Å²) < 4.78 is 0. The lowest BCUT2D eigenvalue weighted by Gasteiger charge is -2.34. The van der Waals surface area contributed by atoms with Crippen molar-refractivity contribution in [1.82, 2.24) is 14.8 Å². The van der Waals surface area contributed by atoms with Crippen LogP contribution in [0.4, 0.5) is 10.6 Å². The predicted molar refractivity (Wildman–Crippen MR) is 124 cm³/mol. The SMILES string of the molecule is CN(C(=O)O)[C@@H]1CN(C(=O)C2CCN(c3ncccc3C#N)CC2)C[C@H]1c1ccc(Cl)cc1. The number of nitrogens with zero attached hydrogens (tertiary/aromatic N) is 5. The average Bonchev–Trinajstić information content (AvgIpc) is 3.29. The monoisotopic (exact) mass is 467 g/mol. The third kappa shape index (κ3) is 4.74. The van der Waals surface area contributed by atoms with Crippen molar-refractivity contribution in [1.29, 1.82) is 5.26 Å². The number of pyridine rings is 1. The van der Waals surface area contributed by atoms with Gasteiger partial charge in [-0.3, -0.25) is 4.79 Å². The van der Waals surface area contributed by atoms with Crippen LogP contribution in [0.5, 0.6) is 0 Å². The van der Waals surface area contributed by atoms with Crippen LogP contribution in [-0.4, -0.2) is 71.2 Å². The summed E-state index contributed by atoms with van der Waals surface area (Å²) in [6.45, 7) is 2.14. The summed E-state index contributed by atoms with van der Waals surface area (Å²) in [5.74, 6) is 0.490. The van der Waals surface area contributed by atoms with Gasteiger partial charge in [0, 0.05) is 56.3 Å². The zero-order valence-corrected chi connectivity index (χ0v) is 19.1. The van der Waals surface area contributed by atoms with E-state index in [4.69, 9.17) is 11.6 Å². The summed E-state index contributed by atoms with van der Waals surface area (Å²) in [6.07, 6.45) is 2.00. The number of rotatable bonds is 4. The number of piperidine rings is 1. The molecule has 2 aliphatic rings. The summed E-state index contributed by atoms with van der Waals surface area (Å²) in [6, 6.07) is 12.7.